The van der Waals surface area contributed by atoms with Gasteiger partial charge in [-0.1, -0.05) is 13.8 Å². The molecule has 46 heavy (non-hydrogen) atoms. The van der Waals surface area contributed by atoms with Crippen molar-refractivity contribution in [2.75, 3.05) is 26.7 Å². The molecule has 2 rings (SSSR count). The molecule has 0 spiro atoms. The summed E-state index contributed by atoms with van der Waals surface area (Å²) in [6, 6.07) is -0.959. The lowest BCUT2D eigenvalue weighted by atomic mass is 9.93. The summed E-state index contributed by atoms with van der Waals surface area (Å²) in [5.74, 6) is -1.34. The molecule has 1 heterocycles. The van der Waals surface area contributed by atoms with Crippen LogP contribution in [0.5, 0.6) is 5.75 Å². The van der Waals surface area contributed by atoms with E-state index in [-0.39, 0.29) is 35.7 Å². The van der Waals surface area contributed by atoms with Crippen molar-refractivity contribution < 1.29 is 32.3 Å². The number of sulfonamides is 1. The maximum Gasteiger partial charge on any atom is 0.315 e. The minimum atomic E-state index is -4.07. The van der Waals surface area contributed by atoms with Crippen LogP contribution in [-0.4, -0.2) is 76.1 Å². The van der Waals surface area contributed by atoms with Crippen molar-refractivity contribution >= 4 is 33.8 Å². The molecule has 0 aromatic heterocycles. The number of fused-ring (bicyclic) bond motifs is 1. The summed E-state index contributed by atoms with van der Waals surface area (Å²) in [5.41, 5.74) is 7.36. The first-order chi connectivity index (χ1) is 21.0. The van der Waals surface area contributed by atoms with Gasteiger partial charge in [0.05, 0.1) is 4.90 Å². The van der Waals surface area contributed by atoms with Crippen LogP contribution < -0.4 is 31.1 Å². The molecule has 1 aliphatic heterocycles. The van der Waals surface area contributed by atoms with E-state index in [4.69, 9.17) is 15.2 Å². The largest absolute Gasteiger partial charge is 0.487 e. The molecule has 0 fully saturated rings. The minimum Gasteiger partial charge on any atom is -0.487 e. The Morgan fingerprint density at radius 1 is 1.04 bits per heavy atom. The molecule has 0 aliphatic carbocycles. The zero-order chi connectivity index (χ0) is 35.3. The Kier molecular flexibility index (Phi) is 12.7. The van der Waals surface area contributed by atoms with Crippen LogP contribution in [0.3, 0.4) is 0 Å². The van der Waals surface area contributed by atoms with Crippen LogP contribution in [-0.2, 0) is 35.6 Å². The Morgan fingerprint density at radius 3 is 2.26 bits per heavy atom. The van der Waals surface area contributed by atoms with E-state index in [1.165, 1.54) is 0 Å². The van der Waals surface area contributed by atoms with Gasteiger partial charge in [-0.05, 0) is 97.4 Å². The van der Waals surface area contributed by atoms with Crippen LogP contribution >= 0.6 is 0 Å². The van der Waals surface area contributed by atoms with Crippen molar-refractivity contribution in [3.05, 3.63) is 22.3 Å². The monoisotopic (exact) mass is 666 g/mol. The molecule has 1 aliphatic rings. The predicted octanol–water partition coefficient (Wildman–Crippen LogP) is 2.28. The average molecular weight is 667 g/mol. The molecule has 2 amide bonds. The molecule has 1 aromatic carbocycles. The van der Waals surface area contributed by atoms with Crippen LogP contribution in [0.1, 0.15) is 90.0 Å². The number of nitrogens with zero attached hydrogens (tertiary/aromatic N) is 1. The third kappa shape index (κ3) is 11.1. The zero-order valence-electron chi connectivity index (χ0n) is 29.3. The summed E-state index contributed by atoms with van der Waals surface area (Å²) in [4.78, 5) is 42.2. The van der Waals surface area contributed by atoms with Gasteiger partial charge in [-0.15, -0.1) is 0 Å². The Hall–Kier alpha value is -3.39. The Labute approximate surface area is 274 Å². The van der Waals surface area contributed by atoms with E-state index in [1.807, 2.05) is 41.7 Å². The quantitative estimate of drug-likeness (QED) is 0.0652. The van der Waals surface area contributed by atoms with E-state index in [1.54, 1.807) is 34.6 Å². The molecule has 0 unspecified atom stereocenters. The third-order valence-corrected chi connectivity index (χ3v) is 9.13. The van der Waals surface area contributed by atoms with Gasteiger partial charge >= 0.3 is 5.97 Å². The number of carbonyl (C=O) groups excluding carboxylic acids is 3. The highest BCUT2D eigenvalue weighted by Crippen LogP contribution is 2.43. The Balaban J connectivity index is 2.12. The standard InChI is InChI=1S/C32H54N6O7S/c1-19-20(2)27(21(3)22-16-32(9,10)45-26(19)22)46(42,43)38-29(33)35-14-12-13-23(28(41)36-18-31(7,8)17-34-11)37-24(39)15-25(40)44-30(4,5)6/h23,34H,12-18H2,1-11H3,(H,36,41)(H,37,39)(H3,33,35,38)/t23-/m0/s1. The summed E-state index contributed by atoms with van der Waals surface area (Å²) in [7, 11) is -2.25. The van der Waals surface area contributed by atoms with Crippen molar-refractivity contribution in [3.8, 4) is 5.75 Å². The molecule has 13 nitrogen and oxygen atoms in total. The summed E-state index contributed by atoms with van der Waals surface area (Å²) >= 11 is 0. The van der Waals surface area contributed by atoms with Crippen molar-refractivity contribution in [1.29, 1.82) is 0 Å². The van der Waals surface area contributed by atoms with Crippen LogP contribution in [0, 0.1) is 26.2 Å². The highest BCUT2D eigenvalue weighted by atomic mass is 32.2. The van der Waals surface area contributed by atoms with Crippen molar-refractivity contribution in [2.45, 2.75) is 117 Å². The Morgan fingerprint density at radius 2 is 1.67 bits per heavy atom. The molecular weight excluding hydrogens is 612 g/mol. The molecule has 14 heteroatoms. The number of benzene rings is 1. The molecule has 0 saturated heterocycles. The number of hydrogen-bond acceptors (Lipinski definition) is 9. The fourth-order valence-electron chi connectivity index (χ4n) is 5.38. The lowest BCUT2D eigenvalue weighted by molar-refractivity contribution is -0.156. The number of esters is 1. The van der Waals surface area contributed by atoms with E-state index in [2.05, 4.69) is 25.7 Å². The van der Waals surface area contributed by atoms with Gasteiger partial charge in [0.25, 0.3) is 10.0 Å². The first-order valence-corrected chi connectivity index (χ1v) is 17.0. The van der Waals surface area contributed by atoms with Crippen LogP contribution in [0.4, 0.5) is 0 Å². The lowest BCUT2D eigenvalue weighted by Crippen LogP contribution is -2.50. The van der Waals surface area contributed by atoms with Gasteiger partial charge in [-0.25, -0.2) is 13.1 Å². The van der Waals surface area contributed by atoms with Crippen LogP contribution in [0.25, 0.3) is 0 Å². The number of carbonyl (C=O) groups is 3. The predicted molar refractivity (Wildman–Crippen MR) is 178 cm³/mol. The summed E-state index contributed by atoms with van der Waals surface area (Å²) in [5, 5.41) is 8.58. The summed E-state index contributed by atoms with van der Waals surface area (Å²) < 4.78 is 40.6. The SMILES string of the molecule is CNCC(C)(C)CNC(=O)[C@H](CCCN=C(N)NS(=O)(=O)c1c(C)c(C)c2c(c1C)CC(C)(C)O2)NC(=O)CC(=O)OC(C)(C)C. The molecule has 0 radical (unpaired) electrons. The fourth-order valence-corrected chi connectivity index (χ4v) is 6.90. The Bertz CT molecular complexity index is 1450. The molecule has 1 aromatic rings. The van der Waals surface area contributed by atoms with E-state index in [9.17, 15) is 22.8 Å². The number of hydrogen-bond donors (Lipinski definition) is 5. The highest BCUT2D eigenvalue weighted by molar-refractivity contribution is 7.90. The molecule has 1 atom stereocenters. The topological polar surface area (TPSA) is 190 Å². The van der Waals surface area contributed by atoms with Gasteiger partial charge in [0.2, 0.25) is 17.8 Å². The minimum absolute atomic E-state index is 0.0779. The maximum atomic E-state index is 13.5. The van der Waals surface area contributed by atoms with E-state index < -0.39 is 51.5 Å². The smallest absolute Gasteiger partial charge is 0.315 e. The summed E-state index contributed by atoms with van der Waals surface area (Å²) in [6.07, 6.45) is 0.497. The number of guanidine groups is 1. The van der Waals surface area contributed by atoms with Crippen LogP contribution in [0.15, 0.2) is 9.89 Å². The van der Waals surface area contributed by atoms with Crippen molar-refractivity contribution in [2.24, 2.45) is 16.1 Å². The van der Waals surface area contributed by atoms with E-state index in [0.717, 1.165) is 16.9 Å². The second-order valence-corrected chi connectivity index (χ2v) is 16.0. The summed E-state index contributed by atoms with van der Waals surface area (Å²) in [6.45, 7) is 19.4. The molecular formula is C32H54N6O7S. The average Bonchev–Trinajstić information content (AvgIpc) is 3.22. The number of ether oxygens (including phenoxy) is 2. The molecule has 0 bridgehead atoms. The third-order valence-electron chi connectivity index (χ3n) is 7.51. The first-order valence-electron chi connectivity index (χ1n) is 15.6. The van der Waals surface area contributed by atoms with Crippen molar-refractivity contribution in [1.82, 2.24) is 20.7 Å². The normalized spacial score (nSPS) is 15.4. The van der Waals surface area contributed by atoms with Crippen molar-refractivity contribution in [3.63, 3.8) is 0 Å². The lowest BCUT2D eigenvalue weighted by Gasteiger charge is -2.26. The van der Waals surface area contributed by atoms with E-state index >= 15 is 0 Å². The molecule has 260 valence electrons. The fraction of sp³-hybridized carbons (Fsp3) is 0.688. The molecule has 0 saturated carbocycles. The van der Waals surface area contributed by atoms with Crippen LogP contribution in [0.2, 0.25) is 0 Å². The number of rotatable bonds is 14. The van der Waals surface area contributed by atoms with Gasteiger partial charge in [0.15, 0.2) is 0 Å². The second-order valence-electron chi connectivity index (χ2n) is 14.4. The number of amides is 2. The number of nitrogens with one attached hydrogen (secondary N) is 4. The zero-order valence-corrected chi connectivity index (χ0v) is 30.1. The second kappa shape index (κ2) is 15.0. The maximum absolute atomic E-state index is 13.5. The van der Waals surface area contributed by atoms with Gasteiger partial charge in [0.1, 0.15) is 29.4 Å². The van der Waals surface area contributed by atoms with Gasteiger partial charge < -0.3 is 31.2 Å². The van der Waals surface area contributed by atoms with Gasteiger partial charge in [-0.3, -0.25) is 19.4 Å². The number of aliphatic imine (C=N–C) groups is 1. The first kappa shape index (κ1) is 38.8. The van der Waals surface area contributed by atoms with Gasteiger partial charge in [0, 0.05) is 31.6 Å². The molecule has 6 N–H and O–H groups in total. The van der Waals surface area contributed by atoms with E-state index in [0.29, 0.717) is 30.6 Å². The van der Waals surface area contributed by atoms with Gasteiger partial charge in [-0.2, -0.15) is 0 Å². The number of nitrogens with two attached hydrogens (primary N) is 1. The highest BCUT2D eigenvalue weighted by Gasteiger charge is 2.37.